The molecule has 0 aliphatic carbocycles. The van der Waals surface area contributed by atoms with Crippen LogP contribution < -0.4 is 14.9 Å². The Kier molecular flexibility index (Phi) is 6.83. The Morgan fingerprint density at radius 2 is 2.04 bits per heavy atom. The van der Waals surface area contributed by atoms with E-state index in [1.807, 2.05) is 19.1 Å². The lowest BCUT2D eigenvalue weighted by atomic mass is 10.2. The van der Waals surface area contributed by atoms with E-state index in [1.165, 1.54) is 13.3 Å². The summed E-state index contributed by atoms with van der Waals surface area (Å²) in [5.41, 5.74) is 3.95. The number of aryl methyl sites for hydroxylation is 1. The zero-order chi connectivity index (χ0) is 18.4. The zero-order valence-electron chi connectivity index (χ0n) is 13.5. The van der Waals surface area contributed by atoms with E-state index < -0.39 is 0 Å². The van der Waals surface area contributed by atoms with Gasteiger partial charge in [-0.15, -0.1) is 0 Å². The molecule has 8 heteroatoms. The Labute approximate surface area is 162 Å². The van der Waals surface area contributed by atoms with Crippen molar-refractivity contribution in [3.8, 4) is 17.2 Å². The highest BCUT2D eigenvalue weighted by Crippen LogP contribution is 2.34. The second-order valence-electron chi connectivity index (χ2n) is 5.05. The molecule has 0 atom stereocenters. The molecular weight excluding hydrogens is 456 g/mol. The number of methoxy groups -OCH3 is 1. The monoisotopic (exact) mass is 470 g/mol. The van der Waals surface area contributed by atoms with Gasteiger partial charge in [-0.3, -0.25) is 4.79 Å². The molecule has 2 aromatic rings. The van der Waals surface area contributed by atoms with Crippen LogP contribution in [0.3, 0.4) is 0 Å². The summed E-state index contributed by atoms with van der Waals surface area (Å²) in [4.78, 5) is 11.8. The summed E-state index contributed by atoms with van der Waals surface area (Å²) in [6, 6.07) is 8.78. The van der Waals surface area contributed by atoms with Crippen molar-refractivity contribution < 1.29 is 19.4 Å². The number of hydrogen-bond acceptors (Lipinski definition) is 5. The first-order chi connectivity index (χ1) is 11.9. The Morgan fingerprint density at radius 1 is 1.28 bits per heavy atom. The second kappa shape index (κ2) is 8.87. The summed E-state index contributed by atoms with van der Waals surface area (Å²) >= 11 is 6.59. The van der Waals surface area contributed by atoms with Gasteiger partial charge in [0, 0.05) is 4.47 Å². The molecule has 0 radical (unpaired) electrons. The van der Waals surface area contributed by atoms with Gasteiger partial charge in [-0.25, -0.2) is 5.43 Å². The maximum atomic E-state index is 11.8. The first kappa shape index (κ1) is 19.3. The molecule has 25 heavy (non-hydrogen) atoms. The van der Waals surface area contributed by atoms with Crippen molar-refractivity contribution in [2.24, 2.45) is 5.10 Å². The number of phenols is 1. The van der Waals surface area contributed by atoms with Crippen molar-refractivity contribution >= 4 is 44.0 Å². The summed E-state index contributed by atoms with van der Waals surface area (Å²) in [5.74, 6) is 0.552. The number of hydrazone groups is 1. The Hall–Kier alpha value is -2.06. The van der Waals surface area contributed by atoms with Gasteiger partial charge in [0.2, 0.25) is 0 Å². The third-order valence-corrected chi connectivity index (χ3v) is 4.27. The van der Waals surface area contributed by atoms with Crippen molar-refractivity contribution in [3.63, 3.8) is 0 Å². The smallest absolute Gasteiger partial charge is 0.277 e. The molecule has 1 amide bonds. The lowest BCUT2D eigenvalue weighted by Gasteiger charge is -2.08. The summed E-state index contributed by atoms with van der Waals surface area (Å²) in [7, 11) is 1.45. The van der Waals surface area contributed by atoms with E-state index in [2.05, 4.69) is 42.4 Å². The fourth-order valence-electron chi connectivity index (χ4n) is 1.95. The molecule has 0 aliphatic rings. The van der Waals surface area contributed by atoms with Crippen molar-refractivity contribution in [1.82, 2.24) is 5.43 Å². The molecule has 132 valence electrons. The van der Waals surface area contributed by atoms with Crippen LogP contribution in [0.1, 0.15) is 11.1 Å². The van der Waals surface area contributed by atoms with Crippen LogP contribution in [-0.2, 0) is 4.79 Å². The van der Waals surface area contributed by atoms with Gasteiger partial charge in [0.15, 0.2) is 18.1 Å². The Morgan fingerprint density at radius 3 is 2.72 bits per heavy atom. The molecule has 0 aliphatic heterocycles. The largest absolute Gasteiger partial charge is 0.503 e. The highest BCUT2D eigenvalue weighted by molar-refractivity contribution is 9.10. The molecule has 6 nitrogen and oxygen atoms in total. The van der Waals surface area contributed by atoms with Crippen molar-refractivity contribution in [2.45, 2.75) is 6.92 Å². The van der Waals surface area contributed by atoms with Gasteiger partial charge in [-0.05, 0) is 64.3 Å². The Balaban J connectivity index is 1.91. The molecule has 0 fully saturated rings. The highest BCUT2D eigenvalue weighted by Gasteiger charge is 2.08. The minimum Gasteiger partial charge on any atom is -0.503 e. The molecule has 0 saturated heterocycles. The summed E-state index contributed by atoms with van der Waals surface area (Å²) in [6.45, 7) is 1.74. The predicted octanol–water partition coefficient (Wildman–Crippen LogP) is 3.76. The molecule has 0 spiro atoms. The number of rotatable bonds is 6. The summed E-state index contributed by atoms with van der Waals surface area (Å²) in [6.07, 6.45) is 1.44. The number of phenolic OH excluding ortho intramolecular Hbond substituents is 1. The fourth-order valence-corrected chi connectivity index (χ4v) is 2.89. The molecule has 2 N–H and O–H groups in total. The summed E-state index contributed by atoms with van der Waals surface area (Å²) < 4.78 is 11.9. The van der Waals surface area contributed by atoms with Gasteiger partial charge in [0.05, 0.1) is 17.8 Å². The minimum absolute atomic E-state index is 0.00181. The molecule has 0 bridgehead atoms. The fraction of sp³-hybridized carbons (Fsp3) is 0.176. The van der Waals surface area contributed by atoms with Gasteiger partial charge in [0.1, 0.15) is 5.75 Å². The molecule has 0 saturated carbocycles. The van der Waals surface area contributed by atoms with E-state index in [0.29, 0.717) is 21.5 Å². The molecule has 0 heterocycles. The normalized spacial score (nSPS) is 10.7. The molecule has 0 unspecified atom stereocenters. The van der Waals surface area contributed by atoms with Crippen LogP contribution in [0, 0.1) is 6.92 Å². The topological polar surface area (TPSA) is 80.2 Å². The van der Waals surface area contributed by atoms with Gasteiger partial charge in [0.25, 0.3) is 5.91 Å². The van der Waals surface area contributed by atoms with Crippen molar-refractivity contribution in [1.29, 1.82) is 0 Å². The standard InChI is InChI=1S/C17H16Br2N2O4/c1-10-5-12(18)3-4-14(10)25-9-16(22)21-20-8-11-6-13(19)17(23)15(7-11)24-2/h3-8,23H,9H2,1-2H3,(H,21,22)/b20-8+. The zero-order valence-corrected chi connectivity index (χ0v) is 16.7. The first-order valence-electron chi connectivity index (χ1n) is 7.18. The van der Waals surface area contributed by atoms with E-state index in [4.69, 9.17) is 9.47 Å². The van der Waals surface area contributed by atoms with E-state index in [0.717, 1.165) is 10.0 Å². The molecular formula is C17H16Br2N2O4. The van der Waals surface area contributed by atoms with E-state index in [9.17, 15) is 9.90 Å². The van der Waals surface area contributed by atoms with Crippen LogP contribution in [0.2, 0.25) is 0 Å². The van der Waals surface area contributed by atoms with E-state index in [-0.39, 0.29) is 18.3 Å². The van der Waals surface area contributed by atoms with Crippen LogP contribution in [0.25, 0.3) is 0 Å². The van der Waals surface area contributed by atoms with Crippen molar-refractivity contribution in [3.05, 3.63) is 50.4 Å². The van der Waals surface area contributed by atoms with Crippen LogP contribution >= 0.6 is 31.9 Å². The number of carbonyl (C=O) groups excluding carboxylic acids is 1. The number of benzene rings is 2. The van der Waals surface area contributed by atoms with E-state index in [1.54, 1.807) is 18.2 Å². The average Bonchev–Trinajstić information content (AvgIpc) is 2.57. The van der Waals surface area contributed by atoms with Crippen LogP contribution in [0.15, 0.2) is 44.4 Å². The number of amides is 1. The molecule has 2 aromatic carbocycles. The van der Waals surface area contributed by atoms with E-state index >= 15 is 0 Å². The van der Waals surface area contributed by atoms with Gasteiger partial charge >= 0.3 is 0 Å². The maximum absolute atomic E-state index is 11.8. The van der Waals surface area contributed by atoms with Gasteiger partial charge in [-0.1, -0.05) is 15.9 Å². The summed E-state index contributed by atoms with van der Waals surface area (Å²) in [5, 5.41) is 13.6. The maximum Gasteiger partial charge on any atom is 0.277 e. The Bertz CT molecular complexity index is 809. The van der Waals surface area contributed by atoms with Gasteiger partial charge < -0.3 is 14.6 Å². The van der Waals surface area contributed by atoms with Crippen LogP contribution in [-0.4, -0.2) is 30.9 Å². The minimum atomic E-state index is -0.386. The van der Waals surface area contributed by atoms with Gasteiger partial charge in [-0.2, -0.15) is 5.10 Å². The lowest BCUT2D eigenvalue weighted by Crippen LogP contribution is -2.24. The lowest BCUT2D eigenvalue weighted by molar-refractivity contribution is -0.123. The first-order valence-corrected chi connectivity index (χ1v) is 8.76. The quantitative estimate of drug-likeness (QED) is 0.496. The third kappa shape index (κ3) is 5.47. The predicted molar refractivity (Wildman–Crippen MR) is 102 cm³/mol. The molecule has 0 aromatic heterocycles. The average molecular weight is 472 g/mol. The number of ether oxygens (including phenoxy) is 2. The second-order valence-corrected chi connectivity index (χ2v) is 6.82. The van der Waals surface area contributed by atoms with Crippen molar-refractivity contribution in [2.75, 3.05) is 13.7 Å². The SMILES string of the molecule is COc1cc(/C=N/NC(=O)COc2ccc(Br)cc2C)cc(Br)c1O. The number of nitrogens with one attached hydrogen (secondary N) is 1. The van der Waals surface area contributed by atoms with Crippen LogP contribution in [0.5, 0.6) is 17.2 Å². The highest BCUT2D eigenvalue weighted by atomic mass is 79.9. The number of carbonyl (C=O) groups is 1. The number of halogens is 2. The molecule has 2 rings (SSSR count). The number of aromatic hydroxyl groups is 1. The number of hydrogen-bond donors (Lipinski definition) is 2. The third-order valence-electron chi connectivity index (χ3n) is 3.17. The van der Waals surface area contributed by atoms with Crippen LogP contribution in [0.4, 0.5) is 0 Å². The number of nitrogens with zero attached hydrogens (tertiary/aromatic N) is 1.